The van der Waals surface area contributed by atoms with Crippen molar-refractivity contribution >= 4 is 29.9 Å². The van der Waals surface area contributed by atoms with Gasteiger partial charge in [-0.15, -0.1) is 34.2 Å². The van der Waals surface area contributed by atoms with Crippen molar-refractivity contribution in [3.8, 4) is 0 Å². The maximum absolute atomic E-state index is 5.99. The first-order valence-corrected chi connectivity index (χ1v) is 9.77. The van der Waals surface area contributed by atoms with Crippen LogP contribution in [0.25, 0.3) is 0 Å². The number of ether oxygens (including phenoxy) is 1. The summed E-state index contributed by atoms with van der Waals surface area (Å²) in [6, 6.07) is 0.913. The molecule has 146 valence electrons. The standard InChI is InChI=1S/C18H30N6O.HI/c1-12-22-23-17(24(12)2)11-19-18(20-13-6-4-3-5-7-13)21-15-10-14-8-9-16(15)25-14;/h13-16H,3-11H2,1-2H3,(H2,19,20,21);1H. The molecule has 1 saturated carbocycles. The van der Waals surface area contributed by atoms with Gasteiger partial charge in [-0.05, 0) is 39.0 Å². The van der Waals surface area contributed by atoms with Crippen LogP contribution in [0.4, 0.5) is 0 Å². The van der Waals surface area contributed by atoms with E-state index >= 15 is 0 Å². The van der Waals surface area contributed by atoms with Gasteiger partial charge in [0.05, 0.1) is 18.2 Å². The van der Waals surface area contributed by atoms with Crippen molar-refractivity contribution in [2.24, 2.45) is 12.0 Å². The molecule has 3 aliphatic rings. The molecular weight excluding hydrogens is 443 g/mol. The minimum atomic E-state index is 0. The van der Waals surface area contributed by atoms with Crippen LogP contribution < -0.4 is 10.6 Å². The van der Waals surface area contributed by atoms with Crippen molar-refractivity contribution in [3.05, 3.63) is 11.6 Å². The number of aromatic nitrogens is 3. The second-order valence-electron chi connectivity index (χ2n) is 7.73. The molecule has 2 N–H and O–H groups in total. The Kier molecular flexibility index (Phi) is 6.76. The normalized spacial score (nSPS) is 28.8. The minimum Gasteiger partial charge on any atom is -0.373 e. The Balaban J connectivity index is 0.00000196. The molecule has 0 aromatic carbocycles. The number of aryl methyl sites for hydroxylation is 1. The van der Waals surface area contributed by atoms with Crippen molar-refractivity contribution in [1.29, 1.82) is 0 Å². The summed E-state index contributed by atoms with van der Waals surface area (Å²) < 4.78 is 7.99. The minimum absolute atomic E-state index is 0. The van der Waals surface area contributed by atoms with Gasteiger partial charge >= 0.3 is 0 Å². The number of hydrogen-bond donors (Lipinski definition) is 2. The van der Waals surface area contributed by atoms with Crippen LogP contribution in [0.15, 0.2) is 4.99 Å². The van der Waals surface area contributed by atoms with E-state index in [0.29, 0.717) is 30.8 Å². The van der Waals surface area contributed by atoms with E-state index in [4.69, 9.17) is 9.73 Å². The molecule has 1 aliphatic carbocycles. The van der Waals surface area contributed by atoms with Crippen LogP contribution in [-0.4, -0.2) is 45.0 Å². The molecule has 1 aromatic rings. The van der Waals surface area contributed by atoms with Crippen LogP contribution >= 0.6 is 24.0 Å². The molecule has 0 amide bonds. The van der Waals surface area contributed by atoms with Crippen LogP contribution in [0.3, 0.4) is 0 Å². The third-order valence-corrected chi connectivity index (χ3v) is 5.94. The Morgan fingerprint density at radius 2 is 1.96 bits per heavy atom. The lowest BCUT2D eigenvalue weighted by Gasteiger charge is -2.28. The SMILES string of the molecule is Cc1nnc(CN=C(NC2CCCCC2)NC2CC3CCC2O3)n1C.I. The molecule has 3 atom stereocenters. The topological polar surface area (TPSA) is 76.4 Å². The van der Waals surface area contributed by atoms with Gasteiger partial charge < -0.3 is 19.9 Å². The zero-order valence-electron chi connectivity index (χ0n) is 15.8. The van der Waals surface area contributed by atoms with Crippen molar-refractivity contribution in [3.63, 3.8) is 0 Å². The Labute approximate surface area is 172 Å². The first kappa shape index (κ1) is 19.9. The number of aliphatic imine (C=N–C) groups is 1. The third kappa shape index (κ3) is 4.49. The molecule has 3 heterocycles. The molecule has 7 nitrogen and oxygen atoms in total. The lowest BCUT2D eigenvalue weighted by atomic mass is 9.95. The summed E-state index contributed by atoms with van der Waals surface area (Å²) in [6.45, 7) is 2.51. The highest BCUT2D eigenvalue weighted by Crippen LogP contribution is 2.34. The summed E-state index contributed by atoms with van der Waals surface area (Å²) in [5.41, 5.74) is 0. The number of nitrogens with zero attached hydrogens (tertiary/aromatic N) is 4. The molecule has 2 aliphatic heterocycles. The average molecular weight is 474 g/mol. The first-order chi connectivity index (χ1) is 12.2. The van der Waals surface area contributed by atoms with Gasteiger partial charge in [0.1, 0.15) is 12.4 Å². The lowest BCUT2D eigenvalue weighted by molar-refractivity contribution is 0.0992. The smallest absolute Gasteiger partial charge is 0.192 e. The number of halogens is 1. The van der Waals surface area contributed by atoms with Crippen molar-refractivity contribution < 1.29 is 4.74 Å². The van der Waals surface area contributed by atoms with E-state index in [1.54, 1.807) is 0 Å². The molecule has 3 unspecified atom stereocenters. The van der Waals surface area contributed by atoms with E-state index in [1.807, 2.05) is 18.5 Å². The van der Waals surface area contributed by atoms with Gasteiger partial charge in [0.15, 0.2) is 11.8 Å². The molecule has 0 radical (unpaired) electrons. The van der Waals surface area contributed by atoms with Crippen LogP contribution in [-0.2, 0) is 18.3 Å². The molecule has 2 bridgehead atoms. The van der Waals surface area contributed by atoms with Gasteiger partial charge in [0.2, 0.25) is 0 Å². The number of nitrogens with one attached hydrogen (secondary N) is 2. The highest BCUT2D eigenvalue weighted by molar-refractivity contribution is 14.0. The van der Waals surface area contributed by atoms with Crippen LogP contribution in [0, 0.1) is 6.92 Å². The van der Waals surface area contributed by atoms with Crippen molar-refractivity contribution in [1.82, 2.24) is 25.4 Å². The molecule has 2 saturated heterocycles. The second kappa shape index (κ2) is 8.86. The van der Waals surface area contributed by atoms with Gasteiger partial charge in [0.25, 0.3) is 0 Å². The van der Waals surface area contributed by atoms with Gasteiger partial charge in [-0.1, -0.05) is 19.3 Å². The van der Waals surface area contributed by atoms with E-state index in [2.05, 4.69) is 20.8 Å². The fourth-order valence-electron chi connectivity index (χ4n) is 4.28. The van der Waals surface area contributed by atoms with Crippen molar-refractivity contribution in [2.75, 3.05) is 0 Å². The molecular formula is C18H31IN6O. The van der Waals surface area contributed by atoms with Gasteiger partial charge in [-0.3, -0.25) is 0 Å². The van der Waals surface area contributed by atoms with Gasteiger partial charge in [-0.2, -0.15) is 0 Å². The summed E-state index contributed by atoms with van der Waals surface area (Å²) in [5.74, 6) is 2.72. The van der Waals surface area contributed by atoms with Crippen LogP contribution in [0.2, 0.25) is 0 Å². The maximum Gasteiger partial charge on any atom is 0.192 e. The third-order valence-electron chi connectivity index (χ3n) is 5.94. The fourth-order valence-corrected chi connectivity index (χ4v) is 4.28. The predicted octanol–water partition coefficient (Wildman–Crippen LogP) is 2.43. The Morgan fingerprint density at radius 1 is 1.15 bits per heavy atom. The summed E-state index contributed by atoms with van der Waals surface area (Å²) in [4.78, 5) is 4.82. The monoisotopic (exact) mass is 474 g/mol. The van der Waals surface area contributed by atoms with E-state index in [9.17, 15) is 0 Å². The van der Waals surface area contributed by atoms with E-state index in [0.717, 1.165) is 24.0 Å². The second-order valence-corrected chi connectivity index (χ2v) is 7.73. The number of fused-ring (bicyclic) bond motifs is 2. The van der Waals surface area contributed by atoms with E-state index in [-0.39, 0.29) is 24.0 Å². The first-order valence-electron chi connectivity index (χ1n) is 9.77. The molecule has 26 heavy (non-hydrogen) atoms. The lowest BCUT2D eigenvalue weighted by Crippen LogP contribution is -2.50. The Hall–Kier alpha value is -0.900. The fraction of sp³-hybridized carbons (Fsp3) is 0.833. The number of rotatable bonds is 4. The molecule has 8 heteroatoms. The highest BCUT2D eigenvalue weighted by Gasteiger charge is 2.41. The number of guanidine groups is 1. The molecule has 4 rings (SSSR count). The zero-order valence-corrected chi connectivity index (χ0v) is 18.1. The predicted molar refractivity (Wildman–Crippen MR) is 112 cm³/mol. The number of hydrogen-bond acceptors (Lipinski definition) is 4. The highest BCUT2D eigenvalue weighted by atomic mass is 127. The average Bonchev–Trinajstić information content (AvgIpc) is 3.32. The quantitative estimate of drug-likeness (QED) is 0.399. The van der Waals surface area contributed by atoms with E-state index in [1.165, 1.54) is 44.9 Å². The van der Waals surface area contributed by atoms with Crippen LogP contribution in [0.1, 0.15) is 63.0 Å². The van der Waals surface area contributed by atoms with Gasteiger partial charge in [0, 0.05) is 13.1 Å². The van der Waals surface area contributed by atoms with Crippen LogP contribution in [0.5, 0.6) is 0 Å². The summed E-state index contributed by atoms with van der Waals surface area (Å²) in [7, 11) is 1.99. The molecule has 1 aromatic heterocycles. The summed E-state index contributed by atoms with van der Waals surface area (Å²) in [6.07, 6.45) is 10.7. The molecule has 0 spiro atoms. The largest absolute Gasteiger partial charge is 0.373 e. The maximum atomic E-state index is 5.99. The van der Waals surface area contributed by atoms with E-state index < -0.39 is 0 Å². The molecule has 3 fully saturated rings. The summed E-state index contributed by atoms with van der Waals surface area (Å²) in [5, 5.41) is 15.7. The summed E-state index contributed by atoms with van der Waals surface area (Å²) >= 11 is 0. The zero-order chi connectivity index (χ0) is 17.2. The van der Waals surface area contributed by atoms with Crippen molar-refractivity contribution in [2.45, 2.75) is 89.1 Å². The Bertz CT molecular complexity index is 627. The van der Waals surface area contributed by atoms with Gasteiger partial charge in [-0.25, -0.2) is 4.99 Å². The Morgan fingerprint density at radius 3 is 2.58 bits per heavy atom.